The van der Waals surface area contributed by atoms with Crippen molar-refractivity contribution in [1.82, 2.24) is 9.47 Å². The first kappa shape index (κ1) is 18.6. The largest absolute Gasteiger partial charge is 0.399 e. The number of carbonyl (C=O) groups excluding carboxylic acids is 1. The summed E-state index contributed by atoms with van der Waals surface area (Å²) in [5.74, 6) is 0.0844. The smallest absolute Gasteiger partial charge is 0.256 e. The number of unbranched alkanes of at least 4 members (excludes halogenated alkanes) is 1. The fourth-order valence-electron chi connectivity index (χ4n) is 3.86. The van der Waals surface area contributed by atoms with Crippen molar-refractivity contribution in [1.29, 1.82) is 0 Å². The van der Waals surface area contributed by atoms with Gasteiger partial charge in [0.15, 0.2) is 0 Å². The summed E-state index contributed by atoms with van der Waals surface area (Å²) >= 11 is 0. The lowest BCUT2D eigenvalue weighted by Crippen LogP contribution is -2.40. The number of aryl methyl sites for hydroxylation is 2. The number of benzene rings is 2. The van der Waals surface area contributed by atoms with Crippen molar-refractivity contribution in [3.8, 4) is 0 Å². The second-order valence-corrected chi connectivity index (χ2v) is 7.36. The summed E-state index contributed by atoms with van der Waals surface area (Å²) in [4.78, 5) is 14.9. The van der Waals surface area contributed by atoms with Crippen molar-refractivity contribution in [2.24, 2.45) is 0 Å². The van der Waals surface area contributed by atoms with Crippen LogP contribution in [0.25, 0.3) is 10.9 Å². The van der Waals surface area contributed by atoms with Crippen LogP contribution in [0.5, 0.6) is 0 Å². The number of hydrogen-bond acceptors (Lipinski definition) is 3. The first-order valence-electron chi connectivity index (χ1n) is 10.0. The van der Waals surface area contributed by atoms with Crippen LogP contribution in [0.15, 0.2) is 54.7 Å². The molecule has 0 saturated carbocycles. The molecule has 146 valence electrons. The van der Waals surface area contributed by atoms with E-state index in [1.54, 1.807) is 0 Å². The first-order chi connectivity index (χ1) is 13.7. The number of hydrogen-bond donors (Lipinski definition) is 1. The van der Waals surface area contributed by atoms with Crippen molar-refractivity contribution in [2.75, 3.05) is 32.0 Å². The van der Waals surface area contributed by atoms with E-state index < -0.39 is 0 Å². The summed E-state index contributed by atoms with van der Waals surface area (Å²) in [7, 11) is 0. The van der Waals surface area contributed by atoms with Crippen LogP contribution < -0.4 is 5.73 Å². The number of morpholine rings is 1. The molecule has 2 N–H and O–H groups in total. The quantitative estimate of drug-likeness (QED) is 0.526. The number of nitrogens with zero attached hydrogens (tertiary/aromatic N) is 2. The van der Waals surface area contributed by atoms with Crippen LogP contribution in [0, 0.1) is 0 Å². The predicted octanol–water partition coefficient (Wildman–Crippen LogP) is 3.72. The molecule has 0 unspecified atom stereocenters. The predicted molar refractivity (Wildman–Crippen MR) is 112 cm³/mol. The number of aromatic nitrogens is 1. The number of nitrogen functional groups attached to an aromatic ring is 1. The Morgan fingerprint density at radius 2 is 1.82 bits per heavy atom. The van der Waals surface area contributed by atoms with Crippen molar-refractivity contribution < 1.29 is 9.53 Å². The molecule has 1 fully saturated rings. The van der Waals surface area contributed by atoms with Gasteiger partial charge in [-0.15, -0.1) is 0 Å². The summed E-state index contributed by atoms with van der Waals surface area (Å²) in [5.41, 5.74) is 9.92. The SMILES string of the molecule is Nc1ccc2c(C(=O)N3CCOCC3)cn(CCCCc3ccccc3)c2c1. The molecule has 0 aliphatic carbocycles. The Bertz CT molecular complexity index is 943. The Morgan fingerprint density at radius 1 is 1.04 bits per heavy atom. The van der Waals surface area contributed by atoms with Gasteiger partial charge in [-0.2, -0.15) is 0 Å². The van der Waals surface area contributed by atoms with E-state index in [9.17, 15) is 4.79 Å². The molecule has 2 heterocycles. The fraction of sp³-hybridized carbons (Fsp3) is 0.348. The zero-order valence-corrected chi connectivity index (χ0v) is 16.1. The number of ether oxygens (including phenoxy) is 1. The molecule has 1 aliphatic rings. The number of nitrogens with two attached hydrogens (primary N) is 1. The standard InChI is InChI=1S/C23H27N3O2/c24-19-9-10-20-21(23(27)25-12-14-28-15-13-25)17-26(22(20)16-19)11-5-4-8-18-6-2-1-3-7-18/h1-3,6-7,9-10,16-17H,4-5,8,11-15,24H2. The highest BCUT2D eigenvalue weighted by Gasteiger charge is 2.22. The molecule has 0 bridgehead atoms. The van der Waals surface area contributed by atoms with Gasteiger partial charge in [-0.1, -0.05) is 30.3 Å². The van der Waals surface area contributed by atoms with Gasteiger partial charge in [-0.05, 0) is 43.0 Å². The van der Waals surface area contributed by atoms with Crippen molar-refractivity contribution in [2.45, 2.75) is 25.8 Å². The van der Waals surface area contributed by atoms with Crippen LogP contribution in [0.3, 0.4) is 0 Å². The summed E-state index contributed by atoms with van der Waals surface area (Å²) in [6, 6.07) is 16.4. The van der Waals surface area contributed by atoms with Gasteiger partial charge in [-0.3, -0.25) is 4.79 Å². The molecule has 0 atom stereocenters. The second-order valence-electron chi connectivity index (χ2n) is 7.36. The molecule has 1 aromatic heterocycles. The number of anilines is 1. The van der Waals surface area contributed by atoms with Crippen LogP contribution >= 0.6 is 0 Å². The minimum atomic E-state index is 0.0844. The summed E-state index contributed by atoms with van der Waals surface area (Å²) in [6.45, 7) is 3.39. The van der Waals surface area contributed by atoms with E-state index in [-0.39, 0.29) is 5.91 Å². The van der Waals surface area contributed by atoms with E-state index in [0.29, 0.717) is 26.3 Å². The zero-order valence-electron chi connectivity index (χ0n) is 16.1. The first-order valence-corrected chi connectivity index (χ1v) is 10.0. The maximum Gasteiger partial charge on any atom is 0.256 e. The van der Waals surface area contributed by atoms with Gasteiger partial charge < -0.3 is 19.9 Å². The maximum atomic E-state index is 13.1. The molecule has 3 aromatic rings. The van der Waals surface area contributed by atoms with Crippen molar-refractivity contribution in [3.05, 3.63) is 65.9 Å². The van der Waals surface area contributed by atoms with E-state index in [2.05, 4.69) is 28.8 Å². The average molecular weight is 377 g/mol. The molecular weight excluding hydrogens is 350 g/mol. The van der Waals surface area contributed by atoms with Crippen molar-refractivity contribution >= 4 is 22.5 Å². The van der Waals surface area contributed by atoms with Gasteiger partial charge in [0.05, 0.1) is 24.3 Å². The second kappa shape index (κ2) is 8.48. The summed E-state index contributed by atoms with van der Waals surface area (Å²) in [5, 5.41) is 0.980. The minimum absolute atomic E-state index is 0.0844. The van der Waals surface area contributed by atoms with E-state index in [1.807, 2.05) is 35.4 Å². The van der Waals surface area contributed by atoms with Gasteiger partial charge in [0.25, 0.3) is 5.91 Å². The highest BCUT2D eigenvalue weighted by Crippen LogP contribution is 2.26. The van der Waals surface area contributed by atoms with Gasteiger partial charge in [0, 0.05) is 36.9 Å². The van der Waals surface area contributed by atoms with E-state index in [1.165, 1.54) is 5.56 Å². The van der Waals surface area contributed by atoms with Crippen LogP contribution in [-0.2, 0) is 17.7 Å². The summed E-state index contributed by atoms with van der Waals surface area (Å²) in [6.07, 6.45) is 5.24. The third-order valence-electron chi connectivity index (χ3n) is 5.39. The molecule has 1 amide bonds. The Hall–Kier alpha value is -2.79. The molecule has 0 radical (unpaired) electrons. The fourth-order valence-corrected chi connectivity index (χ4v) is 3.86. The number of fused-ring (bicyclic) bond motifs is 1. The number of carbonyl (C=O) groups is 1. The van der Waals surface area contributed by atoms with Crippen LogP contribution in [0.1, 0.15) is 28.8 Å². The van der Waals surface area contributed by atoms with Crippen molar-refractivity contribution in [3.63, 3.8) is 0 Å². The third kappa shape index (κ3) is 4.04. The lowest BCUT2D eigenvalue weighted by atomic mass is 10.1. The third-order valence-corrected chi connectivity index (χ3v) is 5.39. The van der Waals surface area contributed by atoms with Gasteiger partial charge in [0.2, 0.25) is 0 Å². The van der Waals surface area contributed by atoms with E-state index in [0.717, 1.165) is 48.0 Å². The lowest BCUT2D eigenvalue weighted by molar-refractivity contribution is 0.0304. The topological polar surface area (TPSA) is 60.5 Å². The Morgan fingerprint density at radius 3 is 2.61 bits per heavy atom. The van der Waals surface area contributed by atoms with Crippen LogP contribution in [-0.4, -0.2) is 41.7 Å². The van der Waals surface area contributed by atoms with Crippen LogP contribution in [0.4, 0.5) is 5.69 Å². The Labute approximate surface area is 165 Å². The molecule has 5 heteroatoms. The summed E-state index contributed by atoms with van der Waals surface area (Å²) < 4.78 is 7.57. The van der Waals surface area contributed by atoms with E-state index >= 15 is 0 Å². The minimum Gasteiger partial charge on any atom is -0.399 e. The molecular formula is C23H27N3O2. The highest BCUT2D eigenvalue weighted by atomic mass is 16.5. The number of amides is 1. The molecule has 0 spiro atoms. The van der Waals surface area contributed by atoms with E-state index in [4.69, 9.17) is 10.5 Å². The van der Waals surface area contributed by atoms with Gasteiger partial charge >= 0.3 is 0 Å². The van der Waals surface area contributed by atoms with Crippen LogP contribution in [0.2, 0.25) is 0 Å². The molecule has 5 nitrogen and oxygen atoms in total. The molecule has 1 aliphatic heterocycles. The molecule has 2 aromatic carbocycles. The maximum absolute atomic E-state index is 13.1. The highest BCUT2D eigenvalue weighted by molar-refractivity contribution is 6.07. The van der Waals surface area contributed by atoms with Gasteiger partial charge in [0.1, 0.15) is 0 Å². The normalized spacial score (nSPS) is 14.5. The molecule has 28 heavy (non-hydrogen) atoms. The zero-order chi connectivity index (χ0) is 19.3. The molecule has 1 saturated heterocycles. The average Bonchev–Trinajstić information content (AvgIpc) is 3.10. The monoisotopic (exact) mass is 377 g/mol. The van der Waals surface area contributed by atoms with Gasteiger partial charge in [-0.25, -0.2) is 0 Å². The number of rotatable bonds is 6. The Balaban J connectivity index is 1.50. The molecule has 4 rings (SSSR count). The Kier molecular flexibility index (Phi) is 5.63. The lowest BCUT2D eigenvalue weighted by Gasteiger charge is -2.26.